The summed E-state index contributed by atoms with van der Waals surface area (Å²) in [6.07, 6.45) is 2.56. The molecule has 0 radical (unpaired) electrons. The summed E-state index contributed by atoms with van der Waals surface area (Å²) in [7, 11) is 1.33. The molecule has 0 bridgehead atoms. The molecule has 1 saturated heterocycles. The molecule has 2 aromatic heterocycles. The number of nitrogen functional groups attached to an aromatic ring is 1. The molecule has 57 heavy (non-hydrogen) atoms. The van der Waals surface area contributed by atoms with E-state index in [-0.39, 0.29) is 30.9 Å². The van der Waals surface area contributed by atoms with E-state index in [4.69, 9.17) is 31.5 Å². The van der Waals surface area contributed by atoms with E-state index in [2.05, 4.69) is 10.1 Å². The van der Waals surface area contributed by atoms with Crippen LogP contribution in [0.3, 0.4) is 0 Å². The average molecular weight is 827 g/mol. The SMILES string of the molecule is C1CCOC1.CC(=O)c1sccc1NC(=O)COc1ccc(-c2ccccc2)cc1.COC(=O)c1sccc1N.O=C(Cl)COc1ccc(-c2ccccc2)cc1. The van der Waals surface area contributed by atoms with Gasteiger partial charge in [-0.15, -0.1) is 22.7 Å². The number of ether oxygens (including phenoxy) is 4. The van der Waals surface area contributed by atoms with Gasteiger partial charge in [-0.05, 0) is 93.9 Å². The Morgan fingerprint density at radius 1 is 0.667 bits per heavy atom. The Bertz CT molecular complexity index is 2130. The number of thiophene rings is 2. The van der Waals surface area contributed by atoms with Crippen molar-refractivity contribution < 1.29 is 38.1 Å². The van der Waals surface area contributed by atoms with Crippen molar-refractivity contribution in [1.29, 1.82) is 0 Å². The summed E-state index contributed by atoms with van der Waals surface area (Å²) in [5, 5.41) is 5.73. The third-order valence-corrected chi connectivity index (χ3v) is 9.83. The lowest BCUT2D eigenvalue weighted by Crippen LogP contribution is -2.20. The van der Waals surface area contributed by atoms with Crippen molar-refractivity contribution in [1.82, 2.24) is 0 Å². The fraction of sp³-hybridized carbons (Fsp3) is 0.182. The predicted octanol–water partition coefficient (Wildman–Crippen LogP) is 10.0. The zero-order valence-corrected chi connectivity index (χ0v) is 33.9. The molecular weight excluding hydrogens is 784 g/mol. The standard InChI is InChI=1S/C20H17NO3S.C14H11ClO2.C6H7NO2S.C4H8O/c1-14(22)20-18(11-12-25-20)21-19(23)13-24-17-9-7-16(8-10-17)15-5-3-2-4-6-15;15-14(16)10-17-13-8-6-12(7-9-13)11-4-2-1-3-5-11;1-9-6(8)5-4(7)2-3-10-5;1-2-4-5-3-1/h2-12H,13H2,1H3,(H,21,23);1-9H,10H2;2-3H,7H2,1H3;1-4H2. The van der Waals surface area contributed by atoms with Crippen LogP contribution in [0.1, 0.15) is 39.1 Å². The van der Waals surface area contributed by atoms with Gasteiger partial charge in [0.1, 0.15) is 16.4 Å². The Morgan fingerprint density at radius 2 is 1.14 bits per heavy atom. The maximum Gasteiger partial charge on any atom is 0.350 e. The number of anilines is 2. The number of ketones is 1. The van der Waals surface area contributed by atoms with Gasteiger partial charge in [-0.1, -0.05) is 84.9 Å². The van der Waals surface area contributed by atoms with Crippen LogP contribution in [0, 0.1) is 0 Å². The molecule has 7 rings (SSSR count). The third-order valence-electron chi connectivity index (χ3n) is 7.80. The average Bonchev–Trinajstić information content (AvgIpc) is 4.06. The van der Waals surface area contributed by atoms with Crippen LogP contribution in [0.15, 0.2) is 132 Å². The van der Waals surface area contributed by atoms with Gasteiger partial charge >= 0.3 is 5.97 Å². The van der Waals surface area contributed by atoms with E-state index in [1.165, 1.54) is 49.5 Å². The smallest absolute Gasteiger partial charge is 0.350 e. The number of halogens is 1. The Labute approximate surface area is 345 Å². The quantitative estimate of drug-likeness (QED) is 0.0741. The second-order valence-corrected chi connectivity index (χ2v) is 14.3. The highest BCUT2D eigenvalue weighted by atomic mass is 35.5. The Kier molecular flexibility index (Phi) is 18.5. The fourth-order valence-electron chi connectivity index (χ4n) is 4.99. The fourth-order valence-corrected chi connectivity index (χ4v) is 6.53. The van der Waals surface area contributed by atoms with E-state index < -0.39 is 5.24 Å². The number of hydrogen-bond acceptors (Lipinski definition) is 11. The van der Waals surface area contributed by atoms with Crippen LogP contribution in [-0.4, -0.2) is 56.4 Å². The van der Waals surface area contributed by atoms with Gasteiger partial charge in [0.05, 0.1) is 23.4 Å². The minimum atomic E-state index is -0.503. The van der Waals surface area contributed by atoms with E-state index in [1.54, 1.807) is 22.9 Å². The van der Waals surface area contributed by atoms with Crippen LogP contribution in [0.25, 0.3) is 22.3 Å². The number of nitrogens with two attached hydrogens (primary N) is 1. The van der Waals surface area contributed by atoms with Crippen LogP contribution >= 0.6 is 34.3 Å². The lowest BCUT2D eigenvalue weighted by atomic mass is 10.1. The highest BCUT2D eigenvalue weighted by Crippen LogP contribution is 2.25. The van der Waals surface area contributed by atoms with Gasteiger partial charge in [0.2, 0.25) is 0 Å². The summed E-state index contributed by atoms with van der Waals surface area (Å²) in [6, 6.07) is 38.6. The first-order valence-electron chi connectivity index (χ1n) is 17.8. The van der Waals surface area contributed by atoms with Crippen molar-refractivity contribution in [2.24, 2.45) is 0 Å². The van der Waals surface area contributed by atoms with E-state index in [9.17, 15) is 19.2 Å². The van der Waals surface area contributed by atoms with Gasteiger partial charge < -0.3 is 30.0 Å². The number of carbonyl (C=O) groups excluding carboxylic acids is 4. The normalized spacial score (nSPS) is 11.2. The first-order chi connectivity index (χ1) is 27.6. The maximum atomic E-state index is 12.0. The van der Waals surface area contributed by atoms with E-state index in [0.29, 0.717) is 32.6 Å². The highest BCUT2D eigenvalue weighted by molar-refractivity contribution is 7.13. The molecule has 0 spiro atoms. The van der Waals surface area contributed by atoms with Gasteiger partial charge in [0.25, 0.3) is 11.1 Å². The summed E-state index contributed by atoms with van der Waals surface area (Å²) >= 11 is 7.78. The first-order valence-corrected chi connectivity index (χ1v) is 19.9. The van der Waals surface area contributed by atoms with Crippen LogP contribution in [-0.2, 0) is 19.1 Å². The zero-order valence-electron chi connectivity index (χ0n) is 31.5. The number of esters is 1. The lowest BCUT2D eigenvalue weighted by Gasteiger charge is -2.08. The highest BCUT2D eigenvalue weighted by Gasteiger charge is 2.12. The maximum absolute atomic E-state index is 12.0. The molecule has 296 valence electrons. The van der Waals surface area contributed by atoms with Gasteiger partial charge in [-0.2, -0.15) is 0 Å². The molecule has 1 aliphatic heterocycles. The molecule has 1 fully saturated rings. The second kappa shape index (κ2) is 24.0. The number of methoxy groups -OCH3 is 1. The number of benzene rings is 4. The topological polar surface area (TPSA) is 143 Å². The Morgan fingerprint density at radius 3 is 1.56 bits per heavy atom. The molecule has 0 aliphatic carbocycles. The zero-order chi connectivity index (χ0) is 40.8. The minimum absolute atomic E-state index is 0.0669. The van der Waals surface area contributed by atoms with Crippen LogP contribution < -0.4 is 20.5 Å². The number of rotatable bonds is 11. The number of Topliss-reactive ketones (excluding diaryl/α,β-unsaturated/α-hetero) is 1. The largest absolute Gasteiger partial charge is 0.484 e. The number of carbonyl (C=O) groups is 4. The van der Waals surface area contributed by atoms with Crippen LogP contribution in [0.5, 0.6) is 11.5 Å². The minimum Gasteiger partial charge on any atom is -0.484 e. The second-order valence-electron chi connectivity index (χ2n) is 12.0. The third kappa shape index (κ3) is 15.3. The van der Waals surface area contributed by atoms with Gasteiger partial charge in [0, 0.05) is 20.1 Å². The molecule has 13 heteroatoms. The summed E-state index contributed by atoms with van der Waals surface area (Å²) in [5.41, 5.74) is 10.9. The van der Waals surface area contributed by atoms with Crippen molar-refractivity contribution in [3.05, 3.63) is 142 Å². The monoisotopic (exact) mass is 826 g/mol. The molecule has 6 aromatic rings. The van der Waals surface area contributed by atoms with Gasteiger partial charge in [-0.3, -0.25) is 14.4 Å². The summed E-state index contributed by atoms with van der Waals surface area (Å²) < 4.78 is 20.1. The van der Waals surface area contributed by atoms with Crippen molar-refractivity contribution >= 4 is 68.6 Å². The molecular formula is C44H43ClN2O8S2. The van der Waals surface area contributed by atoms with Gasteiger partial charge in [-0.25, -0.2) is 4.79 Å². The Balaban J connectivity index is 0.000000192. The molecule has 3 heterocycles. The van der Waals surface area contributed by atoms with Crippen molar-refractivity contribution in [2.45, 2.75) is 19.8 Å². The molecule has 0 saturated carbocycles. The lowest BCUT2D eigenvalue weighted by molar-refractivity contribution is -0.118. The molecule has 1 amide bonds. The first kappa shape index (κ1) is 43.9. The van der Waals surface area contributed by atoms with Crippen LogP contribution in [0.2, 0.25) is 0 Å². The molecule has 10 nitrogen and oxygen atoms in total. The Hall–Kier alpha value is -5.79. The van der Waals surface area contributed by atoms with Crippen LogP contribution in [0.4, 0.5) is 11.4 Å². The van der Waals surface area contributed by atoms with E-state index >= 15 is 0 Å². The molecule has 0 unspecified atom stereocenters. The summed E-state index contributed by atoms with van der Waals surface area (Å²) in [5.74, 6) is 0.522. The molecule has 1 aliphatic rings. The molecule has 4 aromatic carbocycles. The van der Waals surface area contributed by atoms with Crippen molar-refractivity contribution in [3.8, 4) is 33.8 Å². The summed E-state index contributed by atoms with van der Waals surface area (Å²) in [4.78, 5) is 45.8. The van der Waals surface area contributed by atoms with Crippen molar-refractivity contribution in [2.75, 3.05) is 44.6 Å². The molecule has 0 atom stereocenters. The number of hydrogen-bond donors (Lipinski definition) is 2. The van der Waals surface area contributed by atoms with Gasteiger partial charge in [0.15, 0.2) is 19.0 Å². The van der Waals surface area contributed by atoms with Crippen molar-refractivity contribution in [3.63, 3.8) is 0 Å². The predicted molar refractivity (Wildman–Crippen MR) is 229 cm³/mol. The number of amides is 1. The summed E-state index contributed by atoms with van der Waals surface area (Å²) in [6.45, 7) is 3.26. The van der Waals surface area contributed by atoms with E-state index in [1.807, 2.05) is 109 Å². The van der Waals surface area contributed by atoms with E-state index in [0.717, 1.165) is 35.5 Å². The number of nitrogens with one attached hydrogen (secondary N) is 1. The molecule has 3 N–H and O–H groups in total.